The summed E-state index contributed by atoms with van der Waals surface area (Å²) in [6.07, 6.45) is 7.09. The van der Waals surface area contributed by atoms with E-state index in [4.69, 9.17) is 16.3 Å². The number of rotatable bonds is 7. The molecule has 1 aromatic carbocycles. The number of sulfonamides is 1. The lowest BCUT2D eigenvalue weighted by Gasteiger charge is -2.54. The van der Waals surface area contributed by atoms with Crippen molar-refractivity contribution >= 4 is 33.3 Å². The molecule has 8 nitrogen and oxygen atoms in total. The second-order valence-corrected chi connectivity index (χ2v) is 13.0. The fourth-order valence-corrected chi connectivity index (χ4v) is 7.04. The Morgan fingerprint density at radius 1 is 1.17 bits per heavy atom. The average Bonchev–Trinajstić information content (AvgIpc) is 3.44. The standard InChI is InChI=1S/C26H30ClN3O5S/c27-18-5-6-20(17-14-25(15-17)8-2-9-25)21(13-18)35-26(10-11-26)24(32)29-36(33,34)23-4-1-3-22(28-23)30-12-7-19(31)16-30/h1,3-6,13,17,19,31H,2,7-12,14-16H2,(H,29,32)/t19-/m1/s1. The summed E-state index contributed by atoms with van der Waals surface area (Å²) >= 11 is 6.27. The van der Waals surface area contributed by atoms with Crippen LogP contribution in [0.2, 0.25) is 5.02 Å². The molecule has 36 heavy (non-hydrogen) atoms. The van der Waals surface area contributed by atoms with E-state index in [1.165, 1.54) is 25.3 Å². The van der Waals surface area contributed by atoms with E-state index >= 15 is 0 Å². The number of carbonyl (C=O) groups is 1. The predicted octanol–water partition coefficient (Wildman–Crippen LogP) is 3.77. The molecule has 1 amide bonds. The zero-order valence-electron chi connectivity index (χ0n) is 20.0. The van der Waals surface area contributed by atoms with E-state index in [0.717, 1.165) is 18.4 Å². The molecule has 2 heterocycles. The van der Waals surface area contributed by atoms with E-state index in [9.17, 15) is 18.3 Å². The van der Waals surface area contributed by atoms with Crippen LogP contribution < -0.4 is 14.4 Å². The summed E-state index contributed by atoms with van der Waals surface area (Å²) < 4.78 is 34.5. The largest absolute Gasteiger partial charge is 0.477 e. The van der Waals surface area contributed by atoms with E-state index in [0.29, 0.717) is 60.3 Å². The molecule has 1 aliphatic heterocycles. The number of hydrogen-bond acceptors (Lipinski definition) is 7. The van der Waals surface area contributed by atoms with Crippen molar-refractivity contribution in [2.75, 3.05) is 18.0 Å². The number of aliphatic hydroxyl groups is 1. The van der Waals surface area contributed by atoms with Gasteiger partial charge in [0.1, 0.15) is 11.6 Å². The quantitative estimate of drug-likeness (QED) is 0.559. The Morgan fingerprint density at radius 2 is 1.94 bits per heavy atom. The van der Waals surface area contributed by atoms with Crippen molar-refractivity contribution in [2.45, 2.75) is 74.0 Å². The minimum Gasteiger partial charge on any atom is -0.477 e. The van der Waals surface area contributed by atoms with Crippen LogP contribution in [0.5, 0.6) is 5.75 Å². The molecule has 10 heteroatoms. The molecular formula is C26H30ClN3O5S. The first kappa shape index (κ1) is 24.0. The number of nitrogens with one attached hydrogen (secondary N) is 1. The summed E-state index contributed by atoms with van der Waals surface area (Å²) in [5, 5.41) is 10.1. The van der Waals surface area contributed by atoms with Gasteiger partial charge in [-0.05, 0) is 73.3 Å². The molecule has 4 fully saturated rings. The average molecular weight is 532 g/mol. The molecular weight excluding hydrogens is 502 g/mol. The lowest BCUT2D eigenvalue weighted by molar-refractivity contribution is -0.128. The van der Waals surface area contributed by atoms with Crippen molar-refractivity contribution in [3.63, 3.8) is 0 Å². The molecule has 0 radical (unpaired) electrons. The molecule has 1 spiro atoms. The SMILES string of the molecule is O=C(NS(=O)(=O)c1cccc(N2CC[C@@H](O)C2)n1)C1(Oc2cc(Cl)ccc2C2CC3(CCC3)C2)CC1. The van der Waals surface area contributed by atoms with Crippen LogP contribution in [-0.4, -0.2) is 49.2 Å². The van der Waals surface area contributed by atoms with E-state index < -0.39 is 27.6 Å². The van der Waals surface area contributed by atoms with Crippen LogP contribution in [0.1, 0.15) is 62.8 Å². The highest BCUT2D eigenvalue weighted by Gasteiger charge is 2.55. The molecule has 3 saturated carbocycles. The van der Waals surface area contributed by atoms with E-state index in [1.54, 1.807) is 18.2 Å². The van der Waals surface area contributed by atoms with Gasteiger partial charge in [0, 0.05) is 31.0 Å². The monoisotopic (exact) mass is 531 g/mol. The van der Waals surface area contributed by atoms with Crippen LogP contribution >= 0.6 is 11.6 Å². The van der Waals surface area contributed by atoms with Gasteiger partial charge < -0.3 is 14.7 Å². The highest BCUT2D eigenvalue weighted by Crippen LogP contribution is 2.63. The van der Waals surface area contributed by atoms with Crippen LogP contribution in [0.4, 0.5) is 5.82 Å². The zero-order valence-corrected chi connectivity index (χ0v) is 21.5. The number of β-amino-alcohol motifs (C(OH)–C–C–N with tert-alkyl or cyclic N) is 1. The van der Waals surface area contributed by atoms with Crippen LogP contribution in [0.3, 0.4) is 0 Å². The van der Waals surface area contributed by atoms with E-state index in [2.05, 4.69) is 9.71 Å². The fourth-order valence-electron chi connectivity index (χ4n) is 5.87. The minimum absolute atomic E-state index is 0.241. The first-order chi connectivity index (χ1) is 17.2. The van der Waals surface area contributed by atoms with Crippen molar-refractivity contribution in [1.29, 1.82) is 0 Å². The topological polar surface area (TPSA) is 109 Å². The van der Waals surface area contributed by atoms with Gasteiger partial charge in [-0.15, -0.1) is 0 Å². The Balaban J connectivity index is 1.18. The van der Waals surface area contributed by atoms with Crippen molar-refractivity contribution in [3.05, 3.63) is 47.0 Å². The van der Waals surface area contributed by atoms with Gasteiger partial charge in [0.2, 0.25) is 0 Å². The lowest BCUT2D eigenvalue weighted by Crippen LogP contribution is -2.44. The number of benzene rings is 1. The Kier molecular flexibility index (Phi) is 5.73. The lowest BCUT2D eigenvalue weighted by atomic mass is 9.50. The summed E-state index contributed by atoms with van der Waals surface area (Å²) in [4.78, 5) is 19.3. The maximum atomic E-state index is 13.2. The number of amides is 1. The maximum Gasteiger partial charge on any atom is 0.281 e. The molecule has 1 saturated heterocycles. The molecule has 0 bridgehead atoms. The second kappa shape index (κ2) is 8.60. The normalized spacial score (nSPS) is 24.2. The maximum absolute atomic E-state index is 13.2. The molecule has 1 atom stereocenters. The number of halogens is 1. The van der Waals surface area contributed by atoms with Gasteiger partial charge >= 0.3 is 0 Å². The Labute approximate surface area is 216 Å². The van der Waals surface area contributed by atoms with Crippen LogP contribution in [0, 0.1) is 5.41 Å². The molecule has 1 aromatic heterocycles. The Morgan fingerprint density at radius 3 is 2.58 bits per heavy atom. The third-order valence-electron chi connectivity index (χ3n) is 8.31. The number of carbonyl (C=O) groups excluding carboxylic acids is 1. The second-order valence-electron chi connectivity index (χ2n) is 10.9. The molecule has 4 aliphatic rings. The van der Waals surface area contributed by atoms with E-state index in [-0.39, 0.29) is 5.03 Å². The highest BCUT2D eigenvalue weighted by molar-refractivity contribution is 7.90. The van der Waals surface area contributed by atoms with Crippen molar-refractivity contribution in [2.24, 2.45) is 5.41 Å². The Hall–Kier alpha value is -2.36. The van der Waals surface area contributed by atoms with Crippen LogP contribution in [-0.2, 0) is 14.8 Å². The van der Waals surface area contributed by atoms with Gasteiger partial charge in [-0.25, -0.2) is 9.71 Å². The number of hydrogen-bond donors (Lipinski definition) is 2. The van der Waals surface area contributed by atoms with Crippen LogP contribution in [0.15, 0.2) is 41.4 Å². The van der Waals surface area contributed by atoms with Gasteiger partial charge in [0.05, 0.1) is 6.10 Å². The van der Waals surface area contributed by atoms with Crippen molar-refractivity contribution in [3.8, 4) is 5.75 Å². The van der Waals surface area contributed by atoms with Crippen molar-refractivity contribution in [1.82, 2.24) is 9.71 Å². The summed E-state index contributed by atoms with van der Waals surface area (Å²) in [5.74, 6) is 0.699. The first-order valence-corrected chi connectivity index (χ1v) is 14.5. The van der Waals surface area contributed by atoms with E-state index in [1.807, 2.05) is 17.0 Å². The number of nitrogens with zero attached hydrogens (tertiary/aromatic N) is 2. The fraction of sp³-hybridized carbons (Fsp3) is 0.538. The van der Waals surface area contributed by atoms with Crippen molar-refractivity contribution < 1.29 is 23.1 Å². The zero-order chi connectivity index (χ0) is 25.1. The number of aromatic nitrogens is 1. The van der Waals surface area contributed by atoms with Gasteiger partial charge in [-0.3, -0.25) is 4.79 Å². The Bertz CT molecular complexity index is 1300. The first-order valence-electron chi connectivity index (χ1n) is 12.6. The number of aliphatic hydroxyl groups excluding tert-OH is 1. The summed E-state index contributed by atoms with van der Waals surface area (Å²) in [6, 6.07) is 10.2. The highest BCUT2D eigenvalue weighted by atomic mass is 35.5. The minimum atomic E-state index is -4.21. The third-order valence-corrected chi connectivity index (χ3v) is 9.78. The summed E-state index contributed by atoms with van der Waals surface area (Å²) in [7, 11) is -4.21. The van der Waals surface area contributed by atoms with Gasteiger partial charge in [-0.1, -0.05) is 30.2 Å². The molecule has 192 valence electrons. The predicted molar refractivity (Wildman–Crippen MR) is 135 cm³/mol. The summed E-state index contributed by atoms with van der Waals surface area (Å²) in [6.45, 7) is 0.981. The van der Waals surface area contributed by atoms with Gasteiger partial charge in [0.15, 0.2) is 10.6 Å². The number of anilines is 1. The van der Waals surface area contributed by atoms with Gasteiger partial charge in [-0.2, -0.15) is 8.42 Å². The molecule has 3 aliphatic carbocycles. The van der Waals surface area contributed by atoms with Crippen LogP contribution in [0.25, 0.3) is 0 Å². The number of ether oxygens (including phenoxy) is 1. The molecule has 0 unspecified atom stereocenters. The molecule has 2 aromatic rings. The smallest absolute Gasteiger partial charge is 0.281 e. The van der Waals surface area contributed by atoms with Gasteiger partial charge in [0.25, 0.3) is 15.9 Å². The number of pyridine rings is 1. The summed E-state index contributed by atoms with van der Waals surface area (Å²) in [5.41, 5.74) is 0.293. The molecule has 6 rings (SSSR count). The third kappa shape index (κ3) is 4.35. The molecule has 2 N–H and O–H groups in total.